The van der Waals surface area contributed by atoms with Crippen molar-refractivity contribution in [3.8, 4) is 11.4 Å². The van der Waals surface area contributed by atoms with Crippen molar-refractivity contribution in [1.29, 1.82) is 0 Å². The number of aromatic nitrogens is 3. The van der Waals surface area contributed by atoms with Gasteiger partial charge in [-0.05, 0) is 50.1 Å². The van der Waals surface area contributed by atoms with Crippen LogP contribution in [-0.4, -0.2) is 40.8 Å². The summed E-state index contributed by atoms with van der Waals surface area (Å²) in [5, 5.41) is 3.83. The molecule has 0 aliphatic carbocycles. The van der Waals surface area contributed by atoms with E-state index in [9.17, 15) is 4.79 Å². The lowest BCUT2D eigenvalue weighted by molar-refractivity contribution is -0.119. The third kappa shape index (κ3) is 3.04. The standard InChI is InChI=1S/C20H22N4O3/c1-12-13(2)24(15-4-6-16(26-3)7-5-15)19-17(12)18(21-11-22-19)23-20(25)14-8-9-27-10-14/h4-7,11,14H,8-10H2,1-3H3,(H,21,22,23,25). The average molecular weight is 366 g/mol. The molecule has 7 nitrogen and oxygen atoms in total. The molecular weight excluding hydrogens is 344 g/mol. The number of ether oxygens (including phenoxy) is 2. The van der Waals surface area contributed by atoms with Gasteiger partial charge in [-0.15, -0.1) is 0 Å². The summed E-state index contributed by atoms with van der Waals surface area (Å²) in [5.41, 5.74) is 3.84. The fourth-order valence-electron chi connectivity index (χ4n) is 3.50. The number of amides is 1. The van der Waals surface area contributed by atoms with Gasteiger partial charge in [-0.3, -0.25) is 9.36 Å². The Bertz CT molecular complexity index is 989. The van der Waals surface area contributed by atoms with Gasteiger partial charge in [-0.2, -0.15) is 0 Å². The Balaban J connectivity index is 1.78. The van der Waals surface area contributed by atoms with Crippen LogP contribution in [0.5, 0.6) is 5.75 Å². The molecule has 27 heavy (non-hydrogen) atoms. The first-order valence-corrected chi connectivity index (χ1v) is 8.95. The van der Waals surface area contributed by atoms with Crippen molar-refractivity contribution in [2.45, 2.75) is 20.3 Å². The highest BCUT2D eigenvalue weighted by molar-refractivity contribution is 6.01. The Hall–Kier alpha value is -2.93. The van der Waals surface area contributed by atoms with Crippen LogP contribution in [0.25, 0.3) is 16.7 Å². The van der Waals surface area contributed by atoms with Crippen LogP contribution in [0, 0.1) is 19.8 Å². The van der Waals surface area contributed by atoms with Gasteiger partial charge in [-0.25, -0.2) is 9.97 Å². The summed E-state index contributed by atoms with van der Waals surface area (Å²) in [7, 11) is 1.65. The van der Waals surface area contributed by atoms with Crippen molar-refractivity contribution in [3.63, 3.8) is 0 Å². The minimum Gasteiger partial charge on any atom is -0.497 e. The second-order valence-electron chi connectivity index (χ2n) is 6.71. The van der Waals surface area contributed by atoms with Gasteiger partial charge in [0, 0.05) is 18.0 Å². The second kappa shape index (κ2) is 7.00. The van der Waals surface area contributed by atoms with E-state index in [1.54, 1.807) is 7.11 Å². The van der Waals surface area contributed by atoms with Gasteiger partial charge in [-0.1, -0.05) is 0 Å². The number of hydrogen-bond acceptors (Lipinski definition) is 5. The van der Waals surface area contributed by atoms with Crippen LogP contribution in [0.2, 0.25) is 0 Å². The maximum absolute atomic E-state index is 12.5. The van der Waals surface area contributed by atoms with Gasteiger partial charge >= 0.3 is 0 Å². The molecule has 1 saturated heterocycles. The monoisotopic (exact) mass is 366 g/mol. The number of carbonyl (C=O) groups excluding carboxylic acids is 1. The zero-order chi connectivity index (χ0) is 19.0. The molecule has 1 N–H and O–H groups in total. The first-order valence-electron chi connectivity index (χ1n) is 8.95. The third-order valence-corrected chi connectivity index (χ3v) is 5.16. The number of carbonyl (C=O) groups is 1. The molecule has 1 aliphatic heterocycles. The number of anilines is 1. The Morgan fingerprint density at radius 2 is 2.04 bits per heavy atom. The predicted molar refractivity (Wildman–Crippen MR) is 102 cm³/mol. The Morgan fingerprint density at radius 1 is 1.26 bits per heavy atom. The van der Waals surface area contributed by atoms with Crippen molar-refractivity contribution >= 4 is 22.8 Å². The highest BCUT2D eigenvalue weighted by Crippen LogP contribution is 2.32. The van der Waals surface area contributed by atoms with E-state index in [1.807, 2.05) is 38.1 Å². The Kier molecular flexibility index (Phi) is 4.53. The molecule has 3 heterocycles. The molecular formula is C20H22N4O3. The average Bonchev–Trinajstić information content (AvgIpc) is 3.31. The Labute approximate surface area is 157 Å². The molecule has 0 saturated carbocycles. The van der Waals surface area contributed by atoms with E-state index in [2.05, 4.69) is 19.9 Å². The van der Waals surface area contributed by atoms with Crippen LogP contribution in [0.1, 0.15) is 17.7 Å². The fraction of sp³-hybridized carbons (Fsp3) is 0.350. The summed E-state index contributed by atoms with van der Waals surface area (Å²) < 4.78 is 12.6. The molecule has 1 aromatic carbocycles. The maximum atomic E-state index is 12.5. The molecule has 140 valence electrons. The van der Waals surface area contributed by atoms with Crippen molar-refractivity contribution in [2.24, 2.45) is 5.92 Å². The highest BCUT2D eigenvalue weighted by Gasteiger charge is 2.25. The molecule has 1 amide bonds. The summed E-state index contributed by atoms with van der Waals surface area (Å²) in [6, 6.07) is 7.81. The SMILES string of the molecule is COc1ccc(-n2c(C)c(C)c3c(NC(=O)C4CCOC4)ncnc32)cc1. The molecule has 1 atom stereocenters. The summed E-state index contributed by atoms with van der Waals surface area (Å²) in [5.74, 6) is 1.16. The van der Waals surface area contributed by atoms with E-state index in [1.165, 1.54) is 6.33 Å². The van der Waals surface area contributed by atoms with Crippen LogP contribution in [0.3, 0.4) is 0 Å². The summed E-state index contributed by atoms with van der Waals surface area (Å²) in [6.45, 7) is 5.15. The van der Waals surface area contributed by atoms with Gasteiger partial charge in [0.2, 0.25) is 5.91 Å². The number of methoxy groups -OCH3 is 1. The normalized spacial score (nSPS) is 16.6. The number of nitrogens with zero attached hydrogens (tertiary/aromatic N) is 3. The molecule has 1 unspecified atom stereocenters. The molecule has 0 radical (unpaired) electrons. The third-order valence-electron chi connectivity index (χ3n) is 5.16. The van der Waals surface area contributed by atoms with Crippen LogP contribution in [0.15, 0.2) is 30.6 Å². The smallest absolute Gasteiger partial charge is 0.231 e. The van der Waals surface area contributed by atoms with Gasteiger partial charge in [0.05, 0.1) is 25.0 Å². The number of aryl methyl sites for hydroxylation is 1. The van der Waals surface area contributed by atoms with E-state index < -0.39 is 0 Å². The maximum Gasteiger partial charge on any atom is 0.231 e. The van der Waals surface area contributed by atoms with Gasteiger partial charge in [0.25, 0.3) is 0 Å². The number of rotatable bonds is 4. The molecule has 0 bridgehead atoms. The number of fused-ring (bicyclic) bond motifs is 1. The van der Waals surface area contributed by atoms with Gasteiger partial charge in [0.15, 0.2) is 5.65 Å². The van der Waals surface area contributed by atoms with Gasteiger partial charge < -0.3 is 14.8 Å². The minimum absolute atomic E-state index is 0.0539. The van der Waals surface area contributed by atoms with Crippen molar-refractivity contribution < 1.29 is 14.3 Å². The zero-order valence-corrected chi connectivity index (χ0v) is 15.7. The molecule has 0 spiro atoms. The van der Waals surface area contributed by atoms with Crippen LogP contribution < -0.4 is 10.1 Å². The summed E-state index contributed by atoms with van der Waals surface area (Å²) in [6.07, 6.45) is 2.23. The second-order valence-corrected chi connectivity index (χ2v) is 6.71. The fourth-order valence-corrected chi connectivity index (χ4v) is 3.50. The van der Waals surface area contributed by atoms with Crippen LogP contribution in [0.4, 0.5) is 5.82 Å². The molecule has 1 fully saturated rings. The molecule has 2 aromatic heterocycles. The molecule has 7 heteroatoms. The van der Waals surface area contributed by atoms with E-state index in [-0.39, 0.29) is 11.8 Å². The lowest BCUT2D eigenvalue weighted by atomic mass is 10.1. The van der Waals surface area contributed by atoms with E-state index in [4.69, 9.17) is 9.47 Å². The van der Waals surface area contributed by atoms with Crippen molar-refractivity contribution in [1.82, 2.24) is 14.5 Å². The van der Waals surface area contributed by atoms with Crippen LogP contribution in [-0.2, 0) is 9.53 Å². The predicted octanol–water partition coefficient (Wildman–Crippen LogP) is 3.02. The van der Waals surface area contributed by atoms with Crippen LogP contribution >= 0.6 is 0 Å². The minimum atomic E-state index is -0.125. The lowest BCUT2D eigenvalue weighted by Gasteiger charge is -2.10. The number of benzene rings is 1. The molecule has 4 rings (SSSR count). The van der Waals surface area contributed by atoms with Gasteiger partial charge in [0.1, 0.15) is 17.9 Å². The quantitative estimate of drug-likeness (QED) is 0.768. The van der Waals surface area contributed by atoms with E-state index in [0.717, 1.165) is 40.1 Å². The number of hydrogen-bond donors (Lipinski definition) is 1. The Morgan fingerprint density at radius 3 is 2.70 bits per heavy atom. The zero-order valence-electron chi connectivity index (χ0n) is 15.7. The highest BCUT2D eigenvalue weighted by atomic mass is 16.5. The topological polar surface area (TPSA) is 78.3 Å². The van der Waals surface area contributed by atoms with Crippen molar-refractivity contribution in [2.75, 3.05) is 25.6 Å². The summed E-state index contributed by atoms with van der Waals surface area (Å²) in [4.78, 5) is 21.4. The molecule has 3 aromatic rings. The first-order chi connectivity index (χ1) is 13.1. The summed E-state index contributed by atoms with van der Waals surface area (Å²) >= 11 is 0. The van der Waals surface area contributed by atoms with Crippen molar-refractivity contribution in [3.05, 3.63) is 41.9 Å². The van der Waals surface area contributed by atoms with E-state index >= 15 is 0 Å². The molecule has 1 aliphatic rings. The first kappa shape index (κ1) is 17.5. The lowest BCUT2D eigenvalue weighted by Crippen LogP contribution is -2.23. The number of nitrogens with one attached hydrogen (secondary N) is 1. The largest absolute Gasteiger partial charge is 0.497 e. The van der Waals surface area contributed by atoms with E-state index in [0.29, 0.717) is 19.0 Å².